The average molecular weight is 482 g/mol. The smallest absolute Gasteiger partial charge is 0.410 e. The molecule has 0 fully saturated rings. The highest BCUT2D eigenvalue weighted by atomic mass is 16.6. The van der Waals surface area contributed by atoms with Crippen LogP contribution in [0.15, 0.2) is 78.9 Å². The largest absolute Gasteiger partial charge is 0.508 e. The van der Waals surface area contributed by atoms with E-state index in [9.17, 15) is 9.90 Å². The number of rotatable bonds is 3. The van der Waals surface area contributed by atoms with Crippen molar-refractivity contribution in [3.63, 3.8) is 0 Å². The molecule has 3 aromatic carbocycles. The number of carbonyl (C=O) groups is 1. The van der Waals surface area contributed by atoms with E-state index in [0.717, 1.165) is 19.3 Å². The minimum atomic E-state index is -0.481. The molecule has 2 atom stereocenters. The van der Waals surface area contributed by atoms with Gasteiger partial charge in [0.25, 0.3) is 0 Å². The molecule has 0 saturated heterocycles. The Balaban J connectivity index is 1.39. The first-order valence-corrected chi connectivity index (χ1v) is 12.9. The lowest BCUT2D eigenvalue weighted by molar-refractivity contribution is 0.0270. The molecule has 186 valence electrons. The lowest BCUT2D eigenvalue weighted by Gasteiger charge is -2.35. The maximum atomic E-state index is 12.4. The molecule has 1 aliphatic heterocycles. The minimum Gasteiger partial charge on any atom is -0.508 e. The van der Waals surface area contributed by atoms with Gasteiger partial charge in [0.2, 0.25) is 0 Å². The standard InChI is InChI=1S/C32H35NO3/c1-32(2,3)36-31(35)33-19-17-23(18-20-33)22-9-11-25(12-10-22)30-28(24-7-5-4-6-8-24)15-13-26-21-27(34)14-16-29(26)30/h4-12,14,16-17,21,28,30,34H,13,15,18-20H2,1-3H3/t28-,30+/m1/s1. The van der Waals surface area contributed by atoms with Crippen LogP contribution in [0.1, 0.15) is 73.3 Å². The zero-order valence-corrected chi connectivity index (χ0v) is 21.4. The molecule has 0 spiro atoms. The number of nitrogens with zero attached hydrogens (tertiary/aromatic N) is 1. The lowest BCUT2D eigenvalue weighted by atomic mass is 9.69. The van der Waals surface area contributed by atoms with Crippen molar-refractivity contribution >= 4 is 11.7 Å². The second-order valence-corrected chi connectivity index (χ2v) is 10.9. The lowest BCUT2D eigenvalue weighted by Crippen LogP contribution is -2.39. The van der Waals surface area contributed by atoms with Gasteiger partial charge in [-0.1, -0.05) is 66.7 Å². The van der Waals surface area contributed by atoms with Crippen molar-refractivity contribution < 1.29 is 14.6 Å². The van der Waals surface area contributed by atoms with Crippen molar-refractivity contribution in [1.82, 2.24) is 4.90 Å². The summed E-state index contributed by atoms with van der Waals surface area (Å²) in [6, 6.07) is 25.6. The zero-order chi connectivity index (χ0) is 25.3. The molecule has 0 saturated carbocycles. The number of ether oxygens (including phenoxy) is 1. The Morgan fingerprint density at radius 1 is 0.944 bits per heavy atom. The SMILES string of the molecule is CC(C)(C)OC(=O)N1CC=C(c2ccc([C@@H]3c4ccc(O)cc4CC[C@@H]3c3ccccc3)cc2)CC1. The van der Waals surface area contributed by atoms with Crippen molar-refractivity contribution in [3.05, 3.63) is 107 Å². The summed E-state index contributed by atoms with van der Waals surface area (Å²) in [6.07, 6.45) is 4.74. The molecule has 1 heterocycles. The molecular weight excluding hydrogens is 446 g/mol. The first-order valence-electron chi connectivity index (χ1n) is 12.9. The molecule has 4 heteroatoms. The number of aryl methyl sites for hydroxylation is 1. The van der Waals surface area contributed by atoms with Crippen LogP contribution in [0.5, 0.6) is 5.75 Å². The van der Waals surface area contributed by atoms with Crippen LogP contribution >= 0.6 is 0 Å². The van der Waals surface area contributed by atoms with Crippen LogP contribution in [0.25, 0.3) is 5.57 Å². The Bertz CT molecular complexity index is 1250. The molecule has 0 bridgehead atoms. The van der Waals surface area contributed by atoms with Crippen molar-refractivity contribution in [2.45, 2.75) is 57.5 Å². The number of aromatic hydroxyl groups is 1. The maximum Gasteiger partial charge on any atom is 0.410 e. The predicted molar refractivity (Wildman–Crippen MR) is 144 cm³/mol. The van der Waals surface area contributed by atoms with E-state index >= 15 is 0 Å². The number of amides is 1. The third-order valence-electron chi connectivity index (χ3n) is 7.32. The predicted octanol–water partition coefficient (Wildman–Crippen LogP) is 7.28. The summed E-state index contributed by atoms with van der Waals surface area (Å²) in [5.41, 5.74) is 7.22. The van der Waals surface area contributed by atoms with Crippen LogP contribution < -0.4 is 0 Å². The molecule has 5 rings (SSSR count). The van der Waals surface area contributed by atoms with Gasteiger partial charge in [-0.3, -0.25) is 0 Å². The molecule has 1 N–H and O–H groups in total. The van der Waals surface area contributed by atoms with E-state index in [1.807, 2.05) is 32.9 Å². The average Bonchev–Trinajstić information content (AvgIpc) is 2.87. The van der Waals surface area contributed by atoms with Gasteiger partial charge in [0.05, 0.1) is 0 Å². The number of hydrogen-bond acceptors (Lipinski definition) is 3. The second-order valence-electron chi connectivity index (χ2n) is 10.9. The highest BCUT2D eigenvalue weighted by Gasteiger charge is 2.32. The van der Waals surface area contributed by atoms with Crippen LogP contribution in [-0.4, -0.2) is 34.8 Å². The van der Waals surface area contributed by atoms with Gasteiger partial charge in [-0.25, -0.2) is 4.79 Å². The quantitative estimate of drug-likeness (QED) is 0.428. The van der Waals surface area contributed by atoms with E-state index in [2.05, 4.69) is 66.7 Å². The first-order chi connectivity index (χ1) is 17.3. The molecule has 0 unspecified atom stereocenters. The highest BCUT2D eigenvalue weighted by molar-refractivity contribution is 5.73. The molecular formula is C32H35NO3. The Labute approximate surface area is 214 Å². The van der Waals surface area contributed by atoms with Crippen LogP contribution in [0.3, 0.4) is 0 Å². The van der Waals surface area contributed by atoms with Gasteiger partial charge < -0.3 is 14.7 Å². The number of hydrogen-bond donors (Lipinski definition) is 1. The summed E-state index contributed by atoms with van der Waals surface area (Å²) in [6.45, 7) is 6.92. The third kappa shape index (κ3) is 5.18. The first kappa shape index (κ1) is 24.2. The molecule has 1 amide bonds. The van der Waals surface area contributed by atoms with Crippen molar-refractivity contribution in [3.8, 4) is 5.75 Å². The summed E-state index contributed by atoms with van der Waals surface area (Å²) in [7, 11) is 0. The fourth-order valence-electron chi connectivity index (χ4n) is 5.61. The van der Waals surface area contributed by atoms with Crippen molar-refractivity contribution in [1.29, 1.82) is 0 Å². The zero-order valence-electron chi connectivity index (χ0n) is 21.4. The van der Waals surface area contributed by atoms with E-state index in [1.54, 1.807) is 4.90 Å². The van der Waals surface area contributed by atoms with Crippen molar-refractivity contribution in [2.24, 2.45) is 0 Å². The van der Waals surface area contributed by atoms with Crippen LogP contribution in [0.4, 0.5) is 4.79 Å². The van der Waals surface area contributed by atoms with E-state index in [4.69, 9.17) is 4.74 Å². The number of phenols is 1. The molecule has 3 aromatic rings. The maximum absolute atomic E-state index is 12.4. The van der Waals surface area contributed by atoms with Crippen LogP contribution in [0, 0.1) is 0 Å². The highest BCUT2D eigenvalue weighted by Crippen LogP contribution is 2.47. The monoisotopic (exact) mass is 481 g/mol. The summed E-state index contributed by atoms with van der Waals surface area (Å²) in [5.74, 6) is 0.977. The van der Waals surface area contributed by atoms with Gasteiger partial charge in [0.15, 0.2) is 0 Å². The molecule has 36 heavy (non-hydrogen) atoms. The van der Waals surface area contributed by atoms with Gasteiger partial charge in [-0.15, -0.1) is 0 Å². The fraction of sp³-hybridized carbons (Fsp3) is 0.344. The van der Waals surface area contributed by atoms with Gasteiger partial charge in [-0.05, 0) is 91.5 Å². The Morgan fingerprint density at radius 2 is 1.69 bits per heavy atom. The Kier molecular flexibility index (Phi) is 6.61. The minimum absolute atomic E-state index is 0.244. The number of carbonyl (C=O) groups excluding carboxylic acids is 1. The van der Waals surface area contributed by atoms with E-state index < -0.39 is 5.60 Å². The summed E-state index contributed by atoms with van der Waals surface area (Å²) < 4.78 is 5.53. The normalized spacial score (nSPS) is 19.9. The van der Waals surface area contributed by atoms with Gasteiger partial charge in [-0.2, -0.15) is 0 Å². The second kappa shape index (κ2) is 9.85. The van der Waals surface area contributed by atoms with Gasteiger partial charge in [0, 0.05) is 19.0 Å². The van der Waals surface area contributed by atoms with Gasteiger partial charge in [0.1, 0.15) is 11.4 Å². The number of phenolic OH excluding ortho intramolecular Hbond substituents is 1. The van der Waals surface area contributed by atoms with Crippen molar-refractivity contribution in [2.75, 3.05) is 13.1 Å². The van der Waals surface area contributed by atoms with E-state index in [1.165, 1.54) is 33.4 Å². The summed E-state index contributed by atoms with van der Waals surface area (Å²) >= 11 is 0. The molecule has 1 aliphatic carbocycles. The molecule has 0 aromatic heterocycles. The topological polar surface area (TPSA) is 49.8 Å². The van der Waals surface area contributed by atoms with E-state index in [-0.39, 0.29) is 12.0 Å². The Morgan fingerprint density at radius 3 is 2.36 bits per heavy atom. The number of fused-ring (bicyclic) bond motifs is 1. The molecule has 0 radical (unpaired) electrons. The summed E-state index contributed by atoms with van der Waals surface area (Å²) in [4.78, 5) is 14.2. The molecule has 2 aliphatic rings. The van der Waals surface area contributed by atoms with Gasteiger partial charge >= 0.3 is 6.09 Å². The van der Waals surface area contributed by atoms with Crippen LogP contribution in [-0.2, 0) is 11.2 Å². The Hall–Kier alpha value is -3.53. The fourth-order valence-corrected chi connectivity index (χ4v) is 5.61. The van der Waals surface area contributed by atoms with E-state index in [0.29, 0.717) is 24.8 Å². The molecule has 4 nitrogen and oxygen atoms in total. The number of benzene rings is 3. The van der Waals surface area contributed by atoms with Crippen LogP contribution in [0.2, 0.25) is 0 Å². The third-order valence-corrected chi connectivity index (χ3v) is 7.32. The summed E-state index contributed by atoms with van der Waals surface area (Å²) in [5, 5.41) is 10.1.